The molecule has 13 heteroatoms. The highest BCUT2D eigenvalue weighted by Crippen LogP contribution is 2.37. The molecule has 316 valence electrons. The van der Waals surface area contributed by atoms with Gasteiger partial charge in [0.25, 0.3) is 0 Å². The molecule has 3 N–H and O–H groups in total. The Balaban J connectivity index is 0.907. The van der Waals surface area contributed by atoms with Crippen LogP contribution in [0.2, 0.25) is 0 Å². The van der Waals surface area contributed by atoms with E-state index in [1.807, 2.05) is 57.9 Å². The Morgan fingerprint density at radius 2 is 1.33 bits per heavy atom. The molecule has 6 aromatic rings. The molecule has 2 aliphatic heterocycles. The van der Waals surface area contributed by atoms with E-state index in [1.165, 1.54) is 7.11 Å². The number of methoxy groups -OCH3 is 1. The molecule has 1 unspecified atom stereocenters. The first kappa shape index (κ1) is 41.7. The molecule has 12 nitrogen and oxygen atoms in total. The van der Waals surface area contributed by atoms with Crippen LogP contribution in [0.5, 0.6) is 0 Å². The molecule has 2 saturated heterocycles. The zero-order valence-corrected chi connectivity index (χ0v) is 35.9. The number of H-pyrrole nitrogens is 2. The van der Waals surface area contributed by atoms with E-state index in [2.05, 4.69) is 94.7 Å². The van der Waals surface area contributed by atoms with Gasteiger partial charge in [0.15, 0.2) is 0 Å². The molecule has 8 rings (SSSR count). The molecule has 3 amide bonds. The van der Waals surface area contributed by atoms with Gasteiger partial charge in [-0.05, 0) is 78.0 Å². The number of hydrogen-bond acceptors (Lipinski definition) is 8. The second-order valence-electron chi connectivity index (χ2n) is 15.8. The van der Waals surface area contributed by atoms with E-state index in [-0.39, 0.29) is 42.4 Å². The summed E-state index contributed by atoms with van der Waals surface area (Å²) in [5.74, 6) is 1.71. The van der Waals surface area contributed by atoms with Crippen LogP contribution in [0.15, 0.2) is 109 Å². The number of nitrogens with one attached hydrogen (secondary N) is 3. The summed E-state index contributed by atoms with van der Waals surface area (Å²) in [5.41, 5.74) is 7.06. The molecule has 0 saturated carbocycles. The van der Waals surface area contributed by atoms with Crippen LogP contribution in [0.1, 0.15) is 86.2 Å². The zero-order chi connectivity index (χ0) is 42.3. The smallest absolute Gasteiger partial charge is 0.407 e. The average molecular weight is 839 g/mol. The number of benzene rings is 3. The van der Waals surface area contributed by atoms with E-state index < -0.39 is 6.09 Å². The Hall–Kier alpha value is -6.05. The number of likely N-dealkylation sites (tertiary alicyclic amines) is 2. The van der Waals surface area contributed by atoms with Crippen LogP contribution in [0.3, 0.4) is 0 Å². The van der Waals surface area contributed by atoms with Gasteiger partial charge in [-0.2, -0.15) is 0 Å². The number of likely N-dealkylation sites (N-methyl/N-ethyl adjacent to an activating group) is 1. The summed E-state index contributed by atoms with van der Waals surface area (Å²) in [5, 5.41) is 4.84. The van der Waals surface area contributed by atoms with Crippen molar-refractivity contribution >= 4 is 29.2 Å². The highest BCUT2D eigenvalue weighted by atomic mass is 32.1. The fraction of sp³-hybridized carbons (Fsp3) is 0.354. The van der Waals surface area contributed by atoms with Gasteiger partial charge in [-0.25, -0.2) is 14.8 Å². The first-order valence-corrected chi connectivity index (χ1v) is 22.3. The molecule has 0 radical (unpaired) electrons. The monoisotopic (exact) mass is 838 g/mol. The number of imidazole rings is 2. The number of amides is 3. The van der Waals surface area contributed by atoms with Crippen molar-refractivity contribution in [2.24, 2.45) is 0 Å². The fourth-order valence-corrected chi connectivity index (χ4v) is 9.73. The van der Waals surface area contributed by atoms with Crippen LogP contribution in [0.25, 0.3) is 33.6 Å². The van der Waals surface area contributed by atoms with Gasteiger partial charge < -0.3 is 29.8 Å². The number of rotatable bonds is 15. The number of nitrogens with zero attached hydrogens (tertiary/aromatic N) is 5. The van der Waals surface area contributed by atoms with Crippen molar-refractivity contribution in [3.8, 4) is 33.6 Å². The van der Waals surface area contributed by atoms with Gasteiger partial charge in [0.2, 0.25) is 11.8 Å². The Bertz CT molecular complexity index is 2370. The number of carbonyl (C=O) groups excluding carboxylic acids is 3. The van der Waals surface area contributed by atoms with Crippen molar-refractivity contribution in [2.75, 3.05) is 33.3 Å². The minimum absolute atomic E-state index is 0.0164. The molecule has 61 heavy (non-hydrogen) atoms. The van der Waals surface area contributed by atoms with E-state index in [4.69, 9.17) is 14.7 Å². The molecule has 3 aromatic heterocycles. The van der Waals surface area contributed by atoms with Crippen LogP contribution in [0.4, 0.5) is 4.79 Å². The SMILES string of the molecule is CCN(CC)C(C(=O)N1CCC[C@H]1c1ncc(-c2ccc(-c3ccc(-c4cnc([C@@H]5CCCN5C(=O)C[C@@H](Cc5cccs5)NC(=O)OC)[nH]4)cc3)cc2)[nH]1)c1ccccc1. The zero-order valence-electron chi connectivity index (χ0n) is 35.1. The predicted octanol–water partition coefficient (Wildman–Crippen LogP) is 8.96. The summed E-state index contributed by atoms with van der Waals surface area (Å²) >= 11 is 1.60. The maximum absolute atomic E-state index is 14.2. The lowest BCUT2D eigenvalue weighted by Gasteiger charge is -2.34. The van der Waals surface area contributed by atoms with Crippen molar-refractivity contribution in [1.29, 1.82) is 0 Å². The van der Waals surface area contributed by atoms with Gasteiger partial charge in [0.1, 0.15) is 17.7 Å². The minimum atomic E-state index is -0.542. The van der Waals surface area contributed by atoms with Gasteiger partial charge in [-0.1, -0.05) is 98.8 Å². The summed E-state index contributed by atoms with van der Waals surface area (Å²) in [6.45, 7) is 7.17. The lowest BCUT2D eigenvalue weighted by molar-refractivity contribution is -0.138. The highest BCUT2D eigenvalue weighted by molar-refractivity contribution is 7.09. The minimum Gasteiger partial charge on any atom is -0.453 e. The number of carbonyl (C=O) groups is 3. The van der Waals surface area contributed by atoms with Crippen LogP contribution >= 0.6 is 11.3 Å². The molecule has 0 bridgehead atoms. The van der Waals surface area contributed by atoms with Crippen molar-refractivity contribution in [2.45, 2.75) is 76.5 Å². The van der Waals surface area contributed by atoms with Crippen LogP contribution in [-0.4, -0.2) is 91.9 Å². The Labute approximate surface area is 361 Å². The molecule has 4 atom stereocenters. The second kappa shape index (κ2) is 19.1. The topological polar surface area (TPSA) is 140 Å². The Morgan fingerprint density at radius 3 is 1.87 bits per heavy atom. The van der Waals surface area contributed by atoms with Gasteiger partial charge in [-0.3, -0.25) is 14.5 Å². The van der Waals surface area contributed by atoms with E-state index in [0.717, 1.165) is 101 Å². The molecular formula is C48H54N8O4S. The number of aromatic amines is 2. The molecule has 0 aliphatic carbocycles. The van der Waals surface area contributed by atoms with Crippen molar-refractivity contribution in [1.82, 2.24) is 40.0 Å². The van der Waals surface area contributed by atoms with Gasteiger partial charge in [0, 0.05) is 36.9 Å². The number of hydrogen-bond donors (Lipinski definition) is 3. The van der Waals surface area contributed by atoms with Gasteiger partial charge in [0.05, 0.1) is 43.0 Å². The molecular weight excluding hydrogens is 785 g/mol. The van der Waals surface area contributed by atoms with Crippen molar-refractivity contribution < 1.29 is 19.1 Å². The van der Waals surface area contributed by atoms with Crippen LogP contribution in [0, 0.1) is 0 Å². The first-order chi connectivity index (χ1) is 29.8. The summed E-state index contributed by atoms with van der Waals surface area (Å²) < 4.78 is 4.84. The molecule has 0 spiro atoms. The third kappa shape index (κ3) is 9.33. The molecule has 2 aliphatic rings. The van der Waals surface area contributed by atoms with Crippen LogP contribution in [-0.2, 0) is 20.7 Å². The van der Waals surface area contributed by atoms with Crippen LogP contribution < -0.4 is 5.32 Å². The highest BCUT2D eigenvalue weighted by Gasteiger charge is 2.38. The van der Waals surface area contributed by atoms with Crippen molar-refractivity contribution in [3.05, 3.63) is 131 Å². The summed E-state index contributed by atoms with van der Waals surface area (Å²) in [4.78, 5) is 63.8. The third-order valence-electron chi connectivity index (χ3n) is 12.1. The standard InChI is InChI=1S/C48H54N8O4S/c1-4-54(5-2)44(36-12-7-6-8-13-36)47(58)56-26-10-16-42(56)46-50-31-40(53-46)35-23-19-33(20-24-35)32-17-21-34(22-18-32)39-30-49-45(52-39)41-15-9-25-55(41)43(57)29-37(51-48(59)60-3)28-38-14-11-27-61-38/h6-8,11-14,17-24,27,30-31,37,41-42,44H,4-5,9-10,15-16,25-26,28-29H2,1-3H3,(H,49,52)(H,50,53)(H,51,59)/t37-,41+,42+,44?/m1/s1. The molecule has 2 fully saturated rings. The fourth-order valence-electron chi connectivity index (χ4n) is 8.94. The Kier molecular flexibility index (Phi) is 13.1. The molecule has 3 aromatic carbocycles. The number of aromatic nitrogens is 4. The van der Waals surface area contributed by atoms with Gasteiger partial charge in [-0.15, -0.1) is 11.3 Å². The van der Waals surface area contributed by atoms with E-state index in [0.29, 0.717) is 13.0 Å². The lowest BCUT2D eigenvalue weighted by Crippen LogP contribution is -2.43. The largest absolute Gasteiger partial charge is 0.453 e. The number of alkyl carbamates (subject to hydrolysis) is 1. The predicted molar refractivity (Wildman–Crippen MR) is 238 cm³/mol. The van der Waals surface area contributed by atoms with Crippen molar-refractivity contribution in [3.63, 3.8) is 0 Å². The quantitative estimate of drug-likeness (QED) is 0.0939. The maximum atomic E-state index is 14.2. The Morgan fingerprint density at radius 1 is 0.770 bits per heavy atom. The van der Waals surface area contributed by atoms with E-state index >= 15 is 0 Å². The number of thiophene rings is 1. The number of ether oxygens (including phenoxy) is 1. The second-order valence-corrected chi connectivity index (χ2v) is 16.8. The first-order valence-electron chi connectivity index (χ1n) is 21.4. The third-order valence-corrected chi connectivity index (χ3v) is 13.0. The summed E-state index contributed by atoms with van der Waals surface area (Å²) in [6.07, 6.45) is 7.43. The average Bonchev–Trinajstić information content (AvgIpc) is 4.16. The summed E-state index contributed by atoms with van der Waals surface area (Å²) in [6, 6.07) is 30.0. The summed E-state index contributed by atoms with van der Waals surface area (Å²) in [7, 11) is 1.33. The maximum Gasteiger partial charge on any atom is 0.407 e. The van der Waals surface area contributed by atoms with E-state index in [1.54, 1.807) is 11.3 Å². The normalized spacial score (nSPS) is 17.4. The van der Waals surface area contributed by atoms with E-state index in [9.17, 15) is 14.4 Å². The lowest BCUT2D eigenvalue weighted by atomic mass is 10.0. The molecule has 5 heterocycles. The van der Waals surface area contributed by atoms with Gasteiger partial charge >= 0.3 is 6.09 Å².